The van der Waals surface area contributed by atoms with Crippen molar-refractivity contribution in [3.8, 4) is 0 Å². The van der Waals surface area contributed by atoms with E-state index in [0.29, 0.717) is 0 Å². The van der Waals surface area contributed by atoms with Crippen LogP contribution < -0.4 is 10.6 Å². The molecule has 154 valence electrons. The summed E-state index contributed by atoms with van der Waals surface area (Å²) in [5.41, 5.74) is 2.49. The van der Waals surface area contributed by atoms with E-state index in [0.717, 1.165) is 50.3 Å². The predicted octanol–water partition coefficient (Wildman–Crippen LogP) is 4.36. The molecule has 4 nitrogen and oxygen atoms in total. The molecule has 0 radical (unpaired) electrons. The summed E-state index contributed by atoms with van der Waals surface area (Å²) in [6, 6.07) is 4.47. The number of hydrogen-bond donors (Lipinski definition) is 2. The number of thiophene rings is 2. The van der Waals surface area contributed by atoms with Crippen molar-refractivity contribution in [3.63, 3.8) is 0 Å². The van der Waals surface area contributed by atoms with Crippen molar-refractivity contribution in [2.75, 3.05) is 19.7 Å². The van der Waals surface area contributed by atoms with Crippen LogP contribution in [0.25, 0.3) is 0 Å². The number of halogens is 1. The molecule has 7 heteroatoms. The van der Waals surface area contributed by atoms with Gasteiger partial charge in [0.1, 0.15) is 5.60 Å². The standard InChI is InChI=1S/C21H28N2O2S2.ClH/c1-13-10-17(26-15(13)3)11-14(2)23-20(24)18-12-16-4-9-25-21(19(16)27-18)5-7-22-8-6-21;/h10,12,14,22H,4-9,11H2,1-3H3,(H,23,24);1H. The molecule has 2 N–H and O–H groups in total. The Hall–Kier alpha value is -0.920. The van der Waals surface area contributed by atoms with Gasteiger partial charge in [-0.3, -0.25) is 4.79 Å². The Bertz CT molecular complexity index is 820. The van der Waals surface area contributed by atoms with Gasteiger partial charge in [-0.2, -0.15) is 0 Å². The molecule has 0 saturated carbocycles. The summed E-state index contributed by atoms with van der Waals surface area (Å²) >= 11 is 3.47. The SMILES string of the molecule is Cc1cc(CC(C)NC(=O)c2cc3c(s2)C2(CCNCC2)OCC3)sc1C.Cl. The van der Waals surface area contributed by atoms with Gasteiger partial charge in [0.2, 0.25) is 0 Å². The van der Waals surface area contributed by atoms with Crippen LogP contribution in [-0.4, -0.2) is 31.6 Å². The number of aryl methyl sites for hydroxylation is 2. The molecule has 0 aliphatic carbocycles. The summed E-state index contributed by atoms with van der Waals surface area (Å²) in [5.74, 6) is 0.0518. The van der Waals surface area contributed by atoms with E-state index >= 15 is 0 Å². The van der Waals surface area contributed by atoms with Crippen LogP contribution in [0.4, 0.5) is 0 Å². The number of ether oxygens (including phenoxy) is 1. The molecule has 2 aromatic heterocycles. The Morgan fingerprint density at radius 1 is 1.29 bits per heavy atom. The van der Waals surface area contributed by atoms with E-state index < -0.39 is 0 Å². The molecule has 2 aromatic rings. The average molecular weight is 441 g/mol. The number of carbonyl (C=O) groups excluding carboxylic acids is 1. The summed E-state index contributed by atoms with van der Waals surface area (Å²) in [6.45, 7) is 9.12. The Morgan fingerprint density at radius 3 is 2.71 bits per heavy atom. The van der Waals surface area contributed by atoms with Gasteiger partial charge < -0.3 is 15.4 Å². The first-order valence-corrected chi connectivity index (χ1v) is 11.4. The van der Waals surface area contributed by atoms with Crippen molar-refractivity contribution in [1.82, 2.24) is 10.6 Å². The number of hydrogen-bond acceptors (Lipinski definition) is 5. The zero-order valence-electron chi connectivity index (χ0n) is 16.7. The number of carbonyl (C=O) groups is 1. The minimum atomic E-state index is -0.167. The second kappa shape index (κ2) is 8.84. The predicted molar refractivity (Wildman–Crippen MR) is 119 cm³/mol. The highest BCUT2D eigenvalue weighted by molar-refractivity contribution is 7.14. The van der Waals surface area contributed by atoms with Crippen LogP contribution in [0.2, 0.25) is 0 Å². The molecule has 2 aliphatic heterocycles. The quantitative estimate of drug-likeness (QED) is 0.742. The van der Waals surface area contributed by atoms with E-state index in [1.165, 1.54) is 25.8 Å². The van der Waals surface area contributed by atoms with E-state index in [-0.39, 0.29) is 30.0 Å². The Balaban J connectivity index is 0.00000225. The maximum atomic E-state index is 12.9. The van der Waals surface area contributed by atoms with E-state index in [2.05, 4.69) is 43.5 Å². The molecule has 1 fully saturated rings. The fourth-order valence-electron chi connectivity index (χ4n) is 4.13. The number of rotatable bonds is 4. The Labute approximate surface area is 181 Å². The first-order valence-electron chi connectivity index (χ1n) is 9.81. The van der Waals surface area contributed by atoms with Crippen molar-refractivity contribution in [2.24, 2.45) is 0 Å². The van der Waals surface area contributed by atoms with Gasteiger partial charge in [0.15, 0.2) is 0 Å². The summed E-state index contributed by atoms with van der Waals surface area (Å²) in [7, 11) is 0. The molecular weight excluding hydrogens is 412 g/mol. The number of nitrogens with one attached hydrogen (secondary N) is 2. The van der Waals surface area contributed by atoms with Gasteiger partial charge in [0.05, 0.1) is 11.5 Å². The zero-order valence-corrected chi connectivity index (χ0v) is 19.2. The zero-order chi connectivity index (χ0) is 19.0. The number of amides is 1. The molecule has 0 aromatic carbocycles. The third-order valence-corrected chi connectivity index (χ3v) is 8.25. The van der Waals surface area contributed by atoms with Crippen molar-refractivity contribution in [2.45, 2.75) is 58.1 Å². The second-order valence-electron chi connectivity index (χ2n) is 7.84. The van der Waals surface area contributed by atoms with Crippen molar-refractivity contribution < 1.29 is 9.53 Å². The van der Waals surface area contributed by atoms with Crippen molar-refractivity contribution >= 4 is 41.0 Å². The van der Waals surface area contributed by atoms with Gasteiger partial charge in [-0.15, -0.1) is 35.1 Å². The summed E-state index contributed by atoms with van der Waals surface area (Å²) in [5, 5.41) is 6.62. The largest absolute Gasteiger partial charge is 0.369 e. The highest BCUT2D eigenvalue weighted by Gasteiger charge is 2.41. The molecule has 1 amide bonds. The minimum Gasteiger partial charge on any atom is -0.369 e. The monoisotopic (exact) mass is 440 g/mol. The maximum absolute atomic E-state index is 12.9. The molecule has 1 unspecified atom stereocenters. The highest BCUT2D eigenvalue weighted by Crippen LogP contribution is 2.44. The van der Waals surface area contributed by atoms with E-state index in [1.807, 2.05) is 11.3 Å². The molecule has 2 aliphatic rings. The number of fused-ring (bicyclic) bond motifs is 2. The fourth-order valence-corrected chi connectivity index (χ4v) is 6.63. The summed E-state index contributed by atoms with van der Waals surface area (Å²) in [6.07, 6.45) is 3.79. The third kappa shape index (κ3) is 4.31. The molecule has 1 spiro atoms. The van der Waals surface area contributed by atoms with Gasteiger partial charge in [0, 0.05) is 27.1 Å². The van der Waals surface area contributed by atoms with Crippen LogP contribution in [-0.2, 0) is 23.2 Å². The molecule has 1 saturated heterocycles. The Morgan fingerprint density at radius 2 is 2.04 bits per heavy atom. The van der Waals surface area contributed by atoms with Crippen LogP contribution >= 0.6 is 35.1 Å². The number of piperidine rings is 1. The lowest BCUT2D eigenvalue weighted by Crippen LogP contribution is -2.44. The lowest BCUT2D eigenvalue weighted by atomic mass is 9.86. The van der Waals surface area contributed by atoms with Crippen molar-refractivity contribution in [3.05, 3.63) is 42.8 Å². The van der Waals surface area contributed by atoms with Crippen LogP contribution in [0.15, 0.2) is 12.1 Å². The fraction of sp³-hybridized carbons (Fsp3) is 0.571. The first-order chi connectivity index (χ1) is 13.0. The molecule has 0 bridgehead atoms. The van der Waals surface area contributed by atoms with E-state index in [9.17, 15) is 4.79 Å². The average Bonchev–Trinajstić information content (AvgIpc) is 3.20. The van der Waals surface area contributed by atoms with Gasteiger partial charge >= 0.3 is 0 Å². The van der Waals surface area contributed by atoms with Crippen LogP contribution in [0, 0.1) is 13.8 Å². The van der Waals surface area contributed by atoms with Crippen molar-refractivity contribution in [1.29, 1.82) is 0 Å². The summed E-state index contributed by atoms with van der Waals surface area (Å²) < 4.78 is 6.24. The third-order valence-electron chi connectivity index (χ3n) is 5.71. The van der Waals surface area contributed by atoms with Gasteiger partial charge in [0.25, 0.3) is 5.91 Å². The topological polar surface area (TPSA) is 50.4 Å². The summed E-state index contributed by atoms with van der Waals surface area (Å²) in [4.78, 5) is 17.7. The molecule has 1 atom stereocenters. The van der Waals surface area contributed by atoms with E-state index in [1.54, 1.807) is 11.3 Å². The van der Waals surface area contributed by atoms with Gasteiger partial charge in [-0.25, -0.2) is 0 Å². The minimum absolute atomic E-state index is 0. The van der Waals surface area contributed by atoms with Crippen LogP contribution in [0.5, 0.6) is 0 Å². The van der Waals surface area contributed by atoms with E-state index in [4.69, 9.17) is 4.74 Å². The first kappa shape index (κ1) is 21.8. The molecular formula is C21H29ClN2O2S2. The van der Waals surface area contributed by atoms with Gasteiger partial charge in [-0.05, 0) is 76.4 Å². The highest BCUT2D eigenvalue weighted by atomic mass is 35.5. The smallest absolute Gasteiger partial charge is 0.261 e. The molecule has 28 heavy (non-hydrogen) atoms. The lowest BCUT2D eigenvalue weighted by Gasteiger charge is -2.40. The lowest BCUT2D eigenvalue weighted by molar-refractivity contribution is -0.0771. The van der Waals surface area contributed by atoms with Crippen LogP contribution in [0.1, 0.15) is 55.2 Å². The molecule has 4 heterocycles. The maximum Gasteiger partial charge on any atom is 0.261 e. The van der Waals surface area contributed by atoms with Gasteiger partial charge in [-0.1, -0.05) is 0 Å². The Kier molecular flexibility index (Phi) is 6.88. The normalized spacial score (nSPS) is 19.0. The molecule has 4 rings (SSSR count). The van der Waals surface area contributed by atoms with Crippen LogP contribution in [0.3, 0.4) is 0 Å². The second-order valence-corrected chi connectivity index (χ2v) is 10.2.